The average Bonchev–Trinajstić information content (AvgIpc) is 2.93. The third-order valence-corrected chi connectivity index (χ3v) is 6.87. The normalized spacial score (nSPS) is 12.4. The van der Waals surface area contributed by atoms with Gasteiger partial charge in [-0.2, -0.15) is 0 Å². The van der Waals surface area contributed by atoms with Gasteiger partial charge in [0.05, 0.1) is 6.61 Å². The molecule has 3 rings (SSSR count). The van der Waals surface area contributed by atoms with Gasteiger partial charge in [-0.15, -0.1) is 0 Å². The molecular formula is C33H43N3O4. The van der Waals surface area contributed by atoms with Crippen molar-refractivity contribution in [1.29, 1.82) is 0 Å². The number of hydrogen-bond acceptors (Lipinski definition) is 5. The highest BCUT2D eigenvalue weighted by Gasteiger charge is 2.29. The highest BCUT2D eigenvalue weighted by atomic mass is 16.5. The van der Waals surface area contributed by atoms with Crippen molar-refractivity contribution < 1.29 is 19.4 Å². The van der Waals surface area contributed by atoms with E-state index in [4.69, 9.17) is 15.6 Å². The first-order chi connectivity index (χ1) is 19.1. The maximum Gasteiger partial charge on any atom is 0.246 e. The highest BCUT2D eigenvalue weighted by molar-refractivity contribution is 5.93. The summed E-state index contributed by atoms with van der Waals surface area (Å²) < 4.78 is 5.83. The van der Waals surface area contributed by atoms with Crippen LogP contribution in [0.3, 0.4) is 0 Å². The minimum atomic E-state index is -0.676. The van der Waals surface area contributed by atoms with Crippen LogP contribution in [0.25, 0.3) is 10.8 Å². The lowest BCUT2D eigenvalue weighted by molar-refractivity contribution is -0.141. The van der Waals surface area contributed by atoms with Gasteiger partial charge in [0.15, 0.2) is 0 Å². The molecule has 40 heavy (non-hydrogen) atoms. The zero-order valence-electron chi connectivity index (χ0n) is 24.2. The van der Waals surface area contributed by atoms with E-state index in [1.807, 2.05) is 62.4 Å². The molecule has 0 radical (unpaired) electrons. The summed E-state index contributed by atoms with van der Waals surface area (Å²) >= 11 is 0. The number of aliphatic hydroxyl groups is 1. The number of nitrogens with zero attached hydrogens (tertiary/aromatic N) is 2. The van der Waals surface area contributed by atoms with Gasteiger partial charge in [-0.25, -0.2) is 0 Å². The summed E-state index contributed by atoms with van der Waals surface area (Å²) in [5.41, 5.74) is 7.61. The second-order valence-corrected chi connectivity index (χ2v) is 11.0. The minimum Gasteiger partial charge on any atom is -0.493 e. The Hall–Kier alpha value is -3.68. The summed E-state index contributed by atoms with van der Waals surface area (Å²) in [5.74, 6) is 0.388. The topological polar surface area (TPSA) is 96.1 Å². The van der Waals surface area contributed by atoms with Gasteiger partial charge in [0.2, 0.25) is 11.8 Å². The Morgan fingerprint density at radius 1 is 1.02 bits per heavy atom. The zero-order valence-corrected chi connectivity index (χ0v) is 24.2. The molecule has 0 saturated heterocycles. The van der Waals surface area contributed by atoms with Crippen LogP contribution in [-0.4, -0.2) is 72.2 Å². The Bertz CT molecular complexity index is 1300. The first kappa shape index (κ1) is 30.9. The Labute approximate surface area is 238 Å². The van der Waals surface area contributed by atoms with Crippen LogP contribution >= 0.6 is 0 Å². The highest BCUT2D eigenvalue weighted by Crippen LogP contribution is 2.21. The predicted octanol–water partition coefficient (Wildman–Crippen LogP) is 4.36. The van der Waals surface area contributed by atoms with Crippen molar-refractivity contribution in [3.8, 4) is 5.75 Å². The number of aliphatic hydroxyl groups excluding tert-OH is 1. The summed E-state index contributed by atoms with van der Waals surface area (Å²) in [5, 5.41) is 11.3. The number of amides is 2. The fourth-order valence-corrected chi connectivity index (χ4v) is 4.46. The SMILES string of the molecule is CN(CCc1ccccc1OCCCO)C(=O)[C@@H](Cc1ccc2ccccc2c1)N(C)C(=O)C=CCC(C)(C)N. The van der Waals surface area contributed by atoms with Gasteiger partial charge in [-0.1, -0.05) is 66.7 Å². The van der Waals surface area contributed by atoms with Crippen molar-refractivity contribution in [2.75, 3.05) is 33.9 Å². The third-order valence-electron chi connectivity index (χ3n) is 6.87. The van der Waals surface area contributed by atoms with E-state index in [2.05, 4.69) is 18.2 Å². The van der Waals surface area contributed by atoms with Gasteiger partial charge in [0.25, 0.3) is 0 Å². The molecule has 7 heteroatoms. The minimum absolute atomic E-state index is 0.0728. The molecule has 0 aliphatic heterocycles. The summed E-state index contributed by atoms with van der Waals surface area (Å²) in [4.78, 5) is 30.2. The number of hydrogen-bond donors (Lipinski definition) is 2. The van der Waals surface area contributed by atoms with E-state index in [1.54, 1.807) is 25.1 Å². The molecule has 1 atom stereocenters. The van der Waals surface area contributed by atoms with Crippen LogP contribution in [0.5, 0.6) is 5.75 Å². The van der Waals surface area contributed by atoms with E-state index in [1.165, 1.54) is 11.0 Å². The summed E-state index contributed by atoms with van der Waals surface area (Å²) in [6.45, 7) is 4.78. The summed E-state index contributed by atoms with van der Waals surface area (Å²) in [7, 11) is 3.46. The third kappa shape index (κ3) is 9.21. The molecule has 3 aromatic carbocycles. The lowest BCUT2D eigenvalue weighted by Gasteiger charge is -2.31. The number of benzene rings is 3. The van der Waals surface area contributed by atoms with Crippen LogP contribution in [0.4, 0.5) is 0 Å². The number of fused-ring (bicyclic) bond motifs is 1. The van der Waals surface area contributed by atoms with E-state index in [0.29, 0.717) is 38.8 Å². The smallest absolute Gasteiger partial charge is 0.246 e. The van der Waals surface area contributed by atoms with Crippen LogP contribution in [0, 0.1) is 0 Å². The first-order valence-electron chi connectivity index (χ1n) is 13.9. The van der Waals surface area contributed by atoms with Crippen molar-refractivity contribution in [2.45, 2.75) is 51.1 Å². The molecule has 0 aliphatic rings. The van der Waals surface area contributed by atoms with Gasteiger partial charge in [0.1, 0.15) is 11.8 Å². The van der Waals surface area contributed by atoms with Crippen molar-refractivity contribution in [1.82, 2.24) is 9.80 Å². The Kier molecular flexibility index (Phi) is 11.3. The molecule has 0 bridgehead atoms. The van der Waals surface area contributed by atoms with E-state index in [9.17, 15) is 9.59 Å². The van der Waals surface area contributed by atoms with Crippen LogP contribution in [0.1, 0.15) is 37.8 Å². The molecule has 3 aromatic rings. The van der Waals surface area contributed by atoms with Crippen LogP contribution in [-0.2, 0) is 22.4 Å². The Balaban J connectivity index is 1.78. The molecule has 0 saturated carbocycles. The van der Waals surface area contributed by atoms with Crippen molar-refractivity contribution in [2.24, 2.45) is 5.73 Å². The lowest BCUT2D eigenvalue weighted by Crippen LogP contribution is -2.49. The van der Waals surface area contributed by atoms with Gasteiger partial charge in [0, 0.05) is 45.6 Å². The molecule has 0 aliphatic carbocycles. The fraction of sp³-hybridized carbons (Fsp3) is 0.394. The molecule has 0 aromatic heterocycles. The monoisotopic (exact) mass is 545 g/mol. The van der Waals surface area contributed by atoms with Crippen molar-refractivity contribution in [3.63, 3.8) is 0 Å². The molecular weight excluding hydrogens is 502 g/mol. The maximum atomic E-state index is 13.8. The number of carbonyl (C=O) groups excluding carboxylic acids is 2. The second-order valence-electron chi connectivity index (χ2n) is 11.0. The molecule has 0 fully saturated rings. The van der Waals surface area contributed by atoms with E-state index in [0.717, 1.165) is 27.6 Å². The van der Waals surface area contributed by atoms with E-state index < -0.39 is 11.6 Å². The summed E-state index contributed by atoms with van der Waals surface area (Å²) in [6, 6.07) is 21.3. The molecule has 2 amide bonds. The maximum absolute atomic E-state index is 13.8. The van der Waals surface area contributed by atoms with Gasteiger partial charge >= 0.3 is 0 Å². The standard InChI is InChI=1S/C33H43N3O4/c1-33(2,34)19-9-15-31(38)36(4)29(24-25-16-17-26-11-5-6-13-28(26)23-25)32(39)35(3)20-18-27-12-7-8-14-30(27)40-22-10-21-37/h5-9,11-17,23,29,37H,10,18-22,24,34H2,1-4H3/t29-/m1/s1. The number of ether oxygens (including phenoxy) is 1. The molecule has 7 nitrogen and oxygen atoms in total. The first-order valence-corrected chi connectivity index (χ1v) is 13.9. The van der Waals surface area contributed by atoms with Crippen molar-refractivity contribution >= 4 is 22.6 Å². The van der Waals surface area contributed by atoms with Gasteiger partial charge in [-0.05, 0) is 60.7 Å². The van der Waals surface area contributed by atoms with Crippen molar-refractivity contribution in [3.05, 3.63) is 90.0 Å². The quantitative estimate of drug-likeness (QED) is 0.232. The van der Waals surface area contributed by atoms with Crippen LogP contribution < -0.4 is 10.5 Å². The number of likely N-dealkylation sites (N-methyl/N-ethyl adjacent to an activating group) is 2. The number of rotatable bonds is 14. The lowest BCUT2D eigenvalue weighted by atomic mass is 9.99. The zero-order chi connectivity index (χ0) is 29.1. The van der Waals surface area contributed by atoms with Crippen LogP contribution in [0.15, 0.2) is 78.9 Å². The van der Waals surface area contributed by atoms with E-state index >= 15 is 0 Å². The fourth-order valence-electron chi connectivity index (χ4n) is 4.46. The van der Waals surface area contributed by atoms with Crippen LogP contribution in [0.2, 0.25) is 0 Å². The largest absolute Gasteiger partial charge is 0.493 e. The second kappa shape index (κ2) is 14.6. The number of nitrogens with two attached hydrogens (primary N) is 1. The summed E-state index contributed by atoms with van der Waals surface area (Å²) in [6.07, 6.45) is 5.39. The van der Waals surface area contributed by atoms with E-state index in [-0.39, 0.29) is 18.4 Å². The molecule has 0 spiro atoms. The molecule has 0 unspecified atom stereocenters. The number of para-hydroxylation sites is 1. The Morgan fingerprint density at radius 2 is 1.73 bits per heavy atom. The number of carbonyl (C=O) groups is 2. The van der Waals surface area contributed by atoms with Gasteiger partial charge in [-0.3, -0.25) is 9.59 Å². The Morgan fingerprint density at radius 3 is 2.45 bits per heavy atom. The van der Waals surface area contributed by atoms with Gasteiger partial charge < -0.3 is 25.4 Å². The molecule has 3 N–H and O–H groups in total. The predicted molar refractivity (Wildman–Crippen MR) is 161 cm³/mol. The average molecular weight is 546 g/mol. The molecule has 214 valence electrons. The molecule has 0 heterocycles.